The lowest BCUT2D eigenvalue weighted by atomic mass is 10.1. The Bertz CT molecular complexity index is 715. The van der Waals surface area contributed by atoms with Gasteiger partial charge in [0.2, 0.25) is 0 Å². The first-order chi connectivity index (χ1) is 10.0. The molecule has 0 bridgehead atoms. The molecule has 1 fully saturated rings. The Morgan fingerprint density at radius 1 is 1.24 bits per heavy atom. The number of halogens is 3. The number of nitrogens with one attached hydrogen (secondary N) is 1. The molecular weight excluding hydrogens is 340 g/mol. The first-order valence-corrected chi connectivity index (χ1v) is 7.52. The van der Waals surface area contributed by atoms with Crippen LogP contribution in [0.25, 0.3) is 11.3 Å². The molecule has 3 rings (SSSR count). The molecule has 0 radical (unpaired) electrons. The molecular formula is C15H14BrF2N3. The minimum atomic E-state index is -0.638. The summed E-state index contributed by atoms with van der Waals surface area (Å²) in [7, 11) is 1.74. The van der Waals surface area contributed by atoms with Crippen LogP contribution in [0.5, 0.6) is 0 Å². The molecule has 0 spiro atoms. The van der Waals surface area contributed by atoms with E-state index in [0.29, 0.717) is 28.8 Å². The van der Waals surface area contributed by atoms with Gasteiger partial charge in [-0.2, -0.15) is 0 Å². The summed E-state index contributed by atoms with van der Waals surface area (Å²) in [6.45, 7) is 1.76. The lowest BCUT2D eigenvalue weighted by Crippen LogP contribution is -2.06. The molecule has 0 saturated heterocycles. The molecule has 3 nitrogen and oxygen atoms in total. The van der Waals surface area contributed by atoms with Gasteiger partial charge in [-0.25, -0.2) is 18.7 Å². The van der Waals surface area contributed by atoms with Gasteiger partial charge in [-0.1, -0.05) is 0 Å². The molecule has 0 aliphatic heterocycles. The number of nitrogens with zero attached hydrogens (tertiary/aromatic N) is 2. The highest BCUT2D eigenvalue weighted by molar-refractivity contribution is 9.10. The van der Waals surface area contributed by atoms with E-state index in [9.17, 15) is 8.78 Å². The minimum Gasteiger partial charge on any atom is -0.373 e. The Morgan fingerprint density at radius 3 is 2.57 bits per heavy atom. The highest BCUT2D eigenvalue weighted by Crippen LogP contribution is 2.41. The molecule has 1 heterocycles. The van der Waals surface area contributed by atoms with Gasteiger partial charge in [0.05, 0.1) is 15.7 Å². The van der Waals surface area contributed by atoms with E-state index >= 15 is 0 Å². The summed E-state index contributed by atoms with van der Waals surface area (Å²) >= 11 is 3.10. The fraction of sp³-hybridized carbons (Fsp3) is 0.333. The molecule has 6 heteroatoms. The minimum absolute atomic E-state index is 0.109. The second kappa shape index (κ2) is 5.33. The number of benzene rings is 1. The summed E-state index contributed by atoms with van der Waals surface area (Å²) in [5, 5.41) is 2.97. The van der Waals surface area contributed by atoms with E-state index in [1.165, 1.54) is 12.1 Å². The first-order valence-electron chi connectivity index (χ1n) is 6.73. The summed E-state index contributed by atoms with van der Waals surface area (Å²) in [4.78, 5) is 8.87. The predicted molar refractivity (Wildman–Crippen MR) is 81.3 cm³/mol. The van der Waals surface area contributed by atoms with Crippen LogP contribution in [0, 0.1) is 18.6 Å². The second-order valence-corrected chi connectivity index (χ2v) is 6.00. The third-order valence-corrected chi connectivity index (χ3v) is 4.24. The zero-order valence-electron chi connectivity index (χ0n) is 11.7. The summed E-state index contributed by atoms with van der Waals surface area (Å²) in [6.07, 6.45) is 2.05. The summed E-state index contributed by atoms with van der Waals surface area (Å²) in [5.74, 6) is 0.302. The standard InChI is InChI=1S/C15H14BrF2N3/c1-7-13(11-10(17)6-5-9(16)12(11)18)20-15(8-3-4-8)21-14(7)19-2/h5-6,8H,3-4H2,1-2H3,(H,19,20,21). The van der Waals surface area contributed by atoms with E-state index in [4.69, 9.17) is 0 Å². The number of hydrogen-bond donors (Lipinski definition) is 1. The van der Waals surface area contributed by atoms with Gasteiger partial charge in [-0.05, 0) is 47.8 Å². The Kier molecular flexibility index (Phi) is 3.65. The maximum absolute atomic E-state index is 14.3. The van der Waals surface area contributed by atoms with Crippen LogP contribution in [-0.2, 0) is 0 Å². The Morgan fingerprint density at radius 2 is 1.95 bits per heavy atom. The van der Waals surface area contributed by atoms with E-state index in [-0.39, 0.29) is 10.0 Å². The molecule has 1 saturated carbocycles. The summed E-state index contributed by atoms with van der Waals surface area (Å²) in [5.41, 5.74) is 0.841. The average Bonchev–Trinajstić information content (AvgIpc) is 3.29. The largest absolute Gasteiger partial charge is 0.373 e. The Hall–Kier alpha value is -1.56. The maximum Gasteiger partial charge on any atom is 0.149 e. The van der Waals surface area contributed by atoms with Crippen molar-refractivity contribution in [1.82, 2.24) is 9.97 Å². The van der Waals surface area contributed by atoms with Crippen molar-refractivity contribution in [3.63, 3.8) is 0 Å². The van der Waals surface area contributed by atoms with Gasteiger partial charge in [0.25, 0.3) is 0 Å². The van der Waals surface area contributed by atoms with Crippen LogP contribution in [-0.4, -0.2) is 17.0 Å². The Labute approximate surface area is 129 Å². The van der Waals surface area contributed by atoms with Crippen LogP contribution in [0.4, 0.5) is 14.6 Å². The number of aromatic nitrogens is 2. The zero-order chi connectivity index (χ0) is 15.1. The molecule has 110 valence electrons. The van der Waals surface area contributed by atoms with Crippen LogP contribution < -0.4 is 5.32 Å². The van der Waals surface area contributed by atoms with Gasteiger partial charge < -0.3 is 5.32 Å². The third kappa shape index (κ3) is 2.52. The quantitative estimate of drug-likeness (QED) is 0.830. The summed E-state index contributed by atoms with van der Waals surface area (Å²) in [6, 6.07) is 2.59. The summed E-state index contributed by atoms with van der Waals surface area (Å²) < 4.78 is 28.7. The van der Waals surface area contributed by atoms with E-state index in [2.05, 4.69) is 31.2 Å². The lowest BCUT2D eigenvalue weighted by Gasteiger charge is -2.14. The lowest BCUT2D eigenvalue weighted by molar-refractivity contribution is 0.584. The highest BCUT2D eigenvalue weighted by atomic mass is 79.9. The number of hydrogen-bond acceptors (Lipinski definition) is 3. The molecule has 0 unspecified atom stereocenters. The van der Waals surface area contributed by atoms with Crippen LogP contribution in [0.1, 0.15) is 30.1 Å². The molecule has 1 N–H and O–H groups in total. The first kappa shape index (κ1) is 14.4. The Balaban J connectivity index is 2.27. The van der Waals surface area contributed by atoms with Gasteiger partial charge in [0, 0.05) is 18.5 Å². The van der Waals surface area contributed by atoms with Crippen molar-refractivity contribution in [3.05, 3.63) is 39.6 Å². The van der Waals surface area contributed by atoms with Crippen LogP contribution in [0.2, 0.25) is 0 Å². The van der Waals surface area contributed by atoms with Crippen molar-refractivity contribution in [2.75, 3.05) is 12.4 Å². The van der Waals surface area contributed by atoms with Gasteiger partial charge in [0.15, 0.2) is 0 Å². The van der Waals surface area contributed by atoms with Crippen molar-refractivity contribution in [2.24, 2.45) is 0 Å². The maximum atomic E-state index is 14.3. The topological polar surface area (TPSA) is 37.8 Å². The third-order valence-electron chi connectivity index (χ3n) is 3.62. The smallest absolute Gasteiger partial charge is 0.149 e. The average molecular weight is 354 g/mol. The number of rotatable bonds is 3. The van der Waals surface area contributed by atoms with E-state index in [0.717, 1.165) is 12.8 Å². The SMILES string of the molecule is CNc1nc(C2CC2)nc(-c2c(F)ccc(Br)c2F)c1C. The van der Waals surface area contributed by atoms with Crippen molar-refractivity contribution in [1.29, 1.82) is 0 Å². The van der Waals surface area contributed by atoms with Crippen molar-refractivity contribution >= 4 is 21.7 Å². The number of anilines is 1. The van der Waals surface area contributed by atoms with Crippen LogP contribution in [0.3, 0.4) is 0 Å². The van der Waals surface area contributed by atoms with Gasteiger partial charge in [-0.15, -0.1) is 0 Å². The molecule has 2 aromatic rings. The molecule has 1 aromatic heterocycles. The van der Waals surface area contributed by atoms with E-state index in [1.54, 1.807) is 14.0 Å². The highest BCUT2D eigenvalue weighted by Gasteiger charge is 2.29. The second-order valence-electron chi connectivity index (χ2n) is 5.15. The molecule has 1 aliphatic rings. The predicted octanol–water partition coefficient (Wildman–Crippen LogP) is 4.41. The molecule has 1 aromatic carbocycles. The van der Waals surface area contributed by atoms with Crippen molar-refractivity contribution < 1.29 is 8.78 Å². The van der Waals surface area contributed by atoms with Crippen molar-refractivity contribution in [2.45, 2.75) is 25.7 Å². The van der Waals surface area contributed by atoms with Gasteiger partial charge >= 0.3 is 0 Å². The normalized spacial score (nSPS) is 14.3. The van der Waals surface area contributed by atoms with Crippen LogP contribution in [0.15, 0.2) is 16.6 Å². The molecule has 1 aliphatic carbocycles. The fourth-order valence-corrected chi connectivity index (χ4v) is 2.62. The van der Waals surface area contributed by atoms with E-state index in [1.807, 2.05) is 0 Å². The van der Waals surface area contributed by atoms with Crippen LogP contribution >= 0.6 is 15.9 Å². The molecule has 21 heavy (non-hydrogen) atoms. The van der Waals surface area contributed by atoms with Gasteiger partial charge in [-0.3, -0.25) is 0 Å². The fourth-order valence-electron chi connectivity index (χ4n) is 2.29. The monoisotopic (exact) mass is 353 g/mol. The van der Waals surface area contributed by atoms with Crippen molar-refractivity contribution in [3.8, 4) is 11.3 Å². The van der Waals surface area contributed by atoms with Gasteiger partial charge in [0.1, 0.15) is 23.3 Å². The molecule has 0 amide bonds. The molecule has 0 atom stereocenters. The zero-order valence-corrected chi connectivity index (χ0v) is 13.3. The van der Waals surface area contributed by atoms with E-state index < -0.39 is 11.6 Å².